The maximum atomic E-state index is 13.6. The van der Waals surface area contributed by atoms with E-state index in [2.05, 4.69) is 19.9 Å². The molecule has 0 saturated carbocycles. The van der Waals surface area contributed by atoms with Crippen molar-refractivity contribution in [2.45, 2.75) is 25.2 Å². The second kappa shape index (κ2) is 16.4. The third-order valence-corrected chi connectivity index (χ3v) is 6.99. The third kappa shape index (κ3) is 8.57. The summed E-state index contributed by atoms with van der Waals surface area (Å²) in [5.41, 5.74) is 0.00890. The molecule has 0 aliphatic heterocycles. The molecule has 5 rings (SSSR count). The van der Waals surface area contributed by atoms with Gasteiger partial charge in [0.2, 0.25) is 0 Å². The Balaban J connectivity index is 1.62. The van der Waals surface area contributed by atoms with Crippen molar-refractivity contribution in [2.75, 3.05) is 13.7 Å². The van der Waals surface area contributed by atoms with Crippen molar-refractivity contribution in [3.63, 3.8) is 0 Å². The van der Waals surface area contributed by atoms with Crippen molar-refractivity contribution < 1.29 is 52.1 Å². The molecule has 0 unspecified atom stereocenters. The predicted molar refractivity (Wildman–Crippen MR) is 169 cm³/mol. The van der Waals surface area contributed by atoms with Gasteiger partial charge in [-0.15, -0.1) is 0 Å². The van der Waals surface area contributed by atoms with Crippen LogP contribution >= 0.6 is 0 Å². The molecule has 0 saturated heterocycles. The van der Waals surface area contributed by atoms with Crippen LogP contribution in [-0.2, 0) is 23.7 Å². The highest BCUT2D eigenvalue weighted by molar-refractivity contribution is 5.92. The topological polar surface area (TPSA) is 196 Å². The summed E-state index contributed by atoms with van der Waals surface area (Å²) in [4.78, 5) is 81.9. The Hall–Kier alpha value is -6.77. The number of aryl methyl sites for hydroxylation is 1. The summed E-state index contributed by atoms with van der Waals surface area (Å²) < 4.78 is 33.9. The minimum absolute atomic E-state index is 0.000790. The predicted octanol–water partition coefficient (Wildman–Crippen LogP) is 4.16. The summed E-state index contributed by atoms with van der Waals surface area (Å²) in [6.07, 6.45) is 5.52. The van der Waals surface area contributed by atoms with E-state index in [1.54, 1.807) is 0 Å². The number of methoxy groups -OCH3 is 1. The number of rotatable bonds is 13. The summed E-state index contributed by atoms with van der Waals surface area (Å²) in [5, 5.41) is 0. The second-order valence-corrected chi connectivity index (χ2v) is 10.3. The lowest BCUT2D eigenvalue weighted by atomic mass is 10.0. The zero-order valence-electron chi connectivity index (χ0n) is 26.5. The number of carbonyl (C=O) groups excluding carboxylic acids is 5. The quantitative estimate of drug-likeness (QED) is 0.127. The zero-order valence-corrected chi connectivity index (χ0v) is 26.5. The van der Waals surface area contributed by atoms with Gasteiger partial charge in [-0.1, -0.05) is 0 Å². The molecule has 0 aromatic carbocycles. The van der Waals surface area contributed by atoms with Crippen molar-refractivity contribution >= 4 is 29.8 Å². The lowest BCUT2D eigenvalue weighted by molar-refractivity contribution is -0.107. The number of esters is 5. The Kier molecular flexibility index (Phi) is 11.3. The van der Waals surface area contributed by atoms with Crippen molar-refractivity contribution in [3.8, 4) is 0 Å². The molecule has 254 valence electrons. The van der Waals surface area contributed by atoms with Crippen LogP contribution in [0.5, 0.6) is 0 Å². The van der Waals surface area contributed by atoms with Gasteiger partial charge in [0, 0.05) is 49.6 Å². The molecule has 15 heteroatoms. The van der Waals surface area contributed by atoms with Crippen LogP contribution in [-0.4, -0.2) is 75.7 Å². The first kappa shape index (κ1) is 34.6. The van der Waals surface area contributed by atoms with E-state index in [0.717, 1.165) is 7.11 Å². The van der Waals surface area contributed by atoms with Crippen LogP contribution in [0.1, 0.15) is 69.4 Å². The summed E-state index contributed by atoms with van der Waals surface area (Å²) in [6, 6.07) is 12.9. The average Bonchev–Trinajstić information content (AvgIpc) is 3.56. The molecule has 5 heterocycles. The SMILES string of the molecule is COC(=O)c1cc([C@H](OC(=O)c2cccnc2)[C@H](OC(=O)c2cccnc2)[C@H](COC(=O)c2cccnc2)OC(=O)c2cccnc2)oc1C. The summed E-state index contributed by atoms with van der Waals surface area (Å²) in [6.45, 7) is 0.733. The maximum absolute atomic E-state index is 13.6. The average molecular weight is 681 g/mol. The maximum Gasteiger partial charge on any atom is 0.341 e. The largest absolute Gasteiger partial charge is 0.465 e. The van der Waals surface area contributed by atoms with Crippen LogP contribution in [0.4, 0.5) is 0 Å². The minimum Gasteiger partial charge on any atom is -0.465 e. The fourth-order valence-electron chi connectivity index (χ4n) is 4.53. The first-order valence-corrected chi connectivity index (χ1v) is 14.8. The Bertz CT molecular complexity index is 1940. The molecule has 15 nitrogen and oxygen atoms in total. The van der Waals surface area contributed by atoms with Gasteiger partial charge in [-0.25, -0.2) is 24.0 Å². The smallest absolute Gasteiger partial charge is 0.341 e. The summed E-state index contributed by atoms with van der Waals surface area (Å²) >= 11 is 0. The normalized spacial score (nSPS) is 12.4. The number of hydrogen-bond donors (Lipinski definition) is 0. The highest BCUT2D eigenvalue weighted by Crippen LogP contribution is 2.33. The Labute approximate surface area is 284 Å². The number of furan rings is 1. The number of hydrogen-bond acceptors (Lipinski definition) is 15. The van der Waals surface area contributed by atoms with Gasteiger partial charge >= 0.3 is 29.8 Å². The number of nitrogens with zero attached hydrogens (tertiary/aromatic N) is 4. The fourth-order valence-corrected chi connectivity index (χ4v) is 4.53. The van der Waals surface area contributed by atoms with Crippen molar-refractivity contribution in [1.29, 1.82) is 0 Å². The molecular formula is C35H28N4O11. The molecule has 0 amide bonds. The molecule has 0 aliphatic rings. The molecule has 5 aromatic heterocycles. The molecule has 0 spiro atoms. The van der Waals surface area contributed by atoms with E-state index in [-0.39, 0.29) is 39.3 Å². The number of ether oxygens (including phenoxy) is 5. The second-order valence-electron chi connectivity index (χ2n) is 10.3. The molecule has 0 radical (unpaired) electrons. The number of carbonyl (C=O) groups is 5. The fraction of sp³-hybridized carbons (Fsp3) is 0.171. The van der Waals surface area contributed by atoms with Crippen LogP contribution in [0.3, 0.4) is 0 Å². The Morgan fingerprint density at radius 2 is 1.10 bits per heavy atom. The van der Waals surface area contributed by atoms with Gasteiger partial charge < -0.3 is 28.1 Å². The molecule has 5 aromatic rings. The van der Waals surface area contributed by atoms with Crippen molar-refractivity contribution in [2.24, 2.45) is 0 Å². The monoisotopic (exact) mass is 680 g/mol. The van der Waals surface area contributed by atoms with E-state index in [1.807, 2.05) is 0 Å². The van der Waals surface area contributed by atoms with Crippen LogP contribution in [0, 0.1) is 6.92 Å². The van der Waals surface area contributed by atoms with Crippen molar-refractivity contribution in [3.05, 3.63) is 144 Å². The van der Waals surface area contributed by atoms with Gasteiger partial charge in [0.05, 0.1) is 29.4 Å². The van der Waals surface area contributed by atoms with E-state index in [0.29, 0.717) is 0 Å². The van der Waals surface area contributed by atoms with Crippen LogP contribution in [0.15, 0.2) is 109 Å². The Morgan fingerprint density at radius 1 is 0.640 bits per heavy atom. The van der Waals surface area contributed by atoms with Crippen LogP contribution in [0.25, 0.3) is 0 Å². The first-order valence-electron chi connectivity index (χ1n) is 14.8. The van der Waals surface area contributed by atoms with E-state index >= 15 is 0 Å². The molecule has 0 bridgehead atoms. The van der Waals surface area contributed by atoms with Crippen LogP contribution in [0.2, 0.25) is 0 Å². The van der Waals surface area contributed by atoms with Gasteiger partial charge in [0.25, 0.3) is 0 Å². The van der Waals surface area contributed by atoms with Crippen LogP contribution < -0.4 is 0 Å². The van der Waals surface area contributed by atoms with Gasteiger partial charge in [-0.3, -0.25) is 19.9 Å². The summed E-state index contributed by atoms with van der Waals surface area (Å²) in [7, 11) is 1.16. The van der Waals surface area contributed by atoms with Gasteiger partial charge in [-0.05, 0) is 61.5 Å². The van der Waals surface area contributed by atoms with Gasteiger partial charge in [0.1, 0.15) is 23.7 Å². The molecule has 0 fully saturated rings. The molecule has 0 N–H and O–H groups in total. The van der Waals surface area contributed by atoms with E-state index in [1.165, 1.54) is 111 Å². The lowest BCUT2D eigenvalue weighted by Gasteiger charge is -2.31. The lowest BCUT2D eigenvalue weighted by Crippen LogP contribution is -2.44. The first-order chi connectivity index (χ1) is 24.2. The Morgan fingerprint density at radius 3 is 1.56 bits per heavy atom. The van der Waals surface area contributed by atoms with Gasteiger partial charge in [0.15, 0.2) is 18.3 Å². The number of pyridine rings is 4. The molecule has 50 heavy (non-hydrogen) atoms. The highest BCUT2D eigenvalue weighted by Gasteiger charge is 2.43. The van der Waals surface area contributed by atoms with E-state index in [4.69, 9.17) is 28.1 Å². The number of aromatic nitrogens is 4. The minimum atomic E-state index is -1.79. The van der Waals surface area contributed by atoms with Gasteiger partial charge in [-0.2, -0.15) is 0 Å². The molecule has 0 aliphatic carbocycles. The molecular weight excluding hydrogens is 652 g/mol. The highest BCUT2D eigenvalue weighted by atomic mass is 16.6. The molecule has 3 atom stereocenters. The van der Waals surface area contributed by atoms with E-state index in [9.17, 15) is 24.0 Å². The van der Waals surface area contributed by atoms with E-state index < -0.39 is 54.8 Å². The zero-order chi connectivity index (χ0) is 35.5. The van der Waals surface area contributed by atoms with Crippen molar-refractivity contribution in [1.82, 2.24) is 19.9 Å². The third-order valence-electron chi connectivity index (χ3n) is 6.99. The summed E-state index contributed by atoms with van der Waals surface area (Å²) in [5.74, 6) is -4.66. The standard InChI is InChI=1S/C35H28N4O11/c1-21-26(35(44)45-2)15-27(47-21)29(49-33(42)24-9-5-13-38-18-24)30(50-34(43)25-10-6-14-39-19-25)28(48-32(41)23-8-4-12-37-17-23)20-46-31(40)22-7-3-11-36-16-22/h3-19,28-30H,20H2,1-2H3/t28-,29-,30+/m0/s1.